The first-order valence-corrected chi connectivity index (χ1v) is 3.85. The first-order valence-electron chi connectivity index (χ1n) is 3.44. The van der Waals surface area contributed by atoms with E-state index in [1.54, 1.807) is 0 Å². The van der Waals surface area contributed by atoms with Gasteiger partial charge in [0.2, 0.25) is 0 Å². The fourth-order valence-corrected chi connectivity index (χ4v) is 1.05. The summed E-state index contributed by atoms with van der Waals surface area (Å²) >= 11 is 4.91. The van der Waals surface area contributed by atoms with Crippen molar-refractivity contribution in [3.8, 4) is 0 Å². The van der Waals surface area contributed by atoms with Crippen molar-refractivity contribution in [1.29, 1.82) is 0 Å². The molecule has 0 spiro atoms. The van der Waals surface area contributed by atoms with Gasteiger partial charge in [0.15, 0.2) is 0 Å². The molecule has 0 radical (unpaired) electrons. The van der Waals surface area contributed by atoms with Crippen LogP contribution < -0.4 is 0 Å². The predicted molar refractivity (Wildman–Crippen MR) is 44.5 cm³/mol. The molecule has 0 aliphatic heterocycles. The van der Waals surface area contributed by atoms with Gasteiger partial charge in [0.05, 0.1) is 0 Å². The lowest BCUT2D eigenvalue weighted by atomic mass is 10.2. The highest BCUT2D eigenvalue weighted by Crippen LogP contribution is 1.97. The first-order chi connectivity index (χ1) is 4.68. The fraction of sp³-hybridized carbons (Fsp3) is 0.571. The molecule has 0 unspecified atom stereocenters. The molecular weight excluding hydrogens is 144 g/mol. The Morgan fingerprint density at radius 2 is 2.40 bits per heavy atom. The van der Waals surface area contributed by atoms with Crippen LogP contribution in [0.25, 0.3) is 0 Å². The zero-order valence-corrected chi connectivity index (χ0v) is 7.11. The van der Waals surface area contributed by atoms with Crippen LogP contribution in [-0.4, -0.2) is 9.78 Å². The highest BCUT2D eigenvalue weighted by atomic mass is 32.1. The second-order valence-corrected chi connectivity index (χ2v) is 3.28. The van der Waals surface area contributed by atoms with Crippen molar-refractivity contribution in [3.05, 3.63) is 16.9 Å². The first kappa shape index (κ1) is 7.54. The van der Waals surface area contributed by atoms with Gasteiger partial charge in [-0.3, -0.25) is 9.78 Å². The number of hydrogen-bond donors (Lipinski definition) is 1. The third kappa shape index (κ3) is 1.99. The largest absolute Gasteiger partial charge is 0.294 e. The molecule has 0 aliphatic carbocycles. The molecule has 1 aromatic heterocycles. The summed E-state index contributed by atoms with van der Waals surface area (Å²) < 4.78 is 2.81. The van der Waals surface area contributed by atoms with Crippen molar-refractivity contribution in [2.75, 3.05) is 0 Å². The third-order valence-corrected chi connectivity index (χ3v) is 1.45. The topological polar surface area (TPSA) is 20.7 Å². The number of hydrogen-bond acceptors (Lipinski definition) is 1. The summed E-state index contributed by atoms with van der Waals surface area (Å²) in [4.78, 5) is 0. The van der Waals surface area contributed by atoms with Gasteiger partial charge in [0, 0.05) is 12.7 Å². The van der Waals surface area contributed by atoms with Crippen LogP contribution >= 0.6 is 12.2 Å². The lowest BCUT2D eigenvalue weighted by Gasteiger charge is -2.04. The molecule has 10 heavy (non-hydrogen) atoms. The van der Waals surface area contributed by atoms with Gasteiger partial charge in [-0.1, -0.05) is 26.1 Å². The second-order valence-electron chi connectivity index (χ2n) is 2.84. The number of aromatic amines is 1. The zero-order valence-electron chi connectivity index (χ0n) is 6.29. The maximum Gasteiger partial charge on any atom is 0.119 e. The molecule has 0 aromatic carbocycles. The van der Waals surface area contributed by atoms with E-state index >= 15 is 0 Å². The Balaban J connectivity index is 2.67. The van der Waals surface area contributed by atoms with Gasteiger partial charge in [0.25, 0.3) is 0 Å². The van der Waals surface area contributed by atoms with Crippen molar-refractivity contribution in [2.45, 2.75) is 20.4 Å². The molecule has 0 bridgehead atoms. The highest BCUT2D eigenvalue weighted by Gasteiger charge is 1.93. The van der Waals surface area contributed by atoms with Crippen LogP contribution in [0.15, 0.2) is 12.3 Å². The van der Waals surface area contributed by atoms with Gasteiger partial charge in [-0.25, -0.2) is 0 Å². The zero-order chi connectivity index (χ0) is 7.56. The molecule has 0 saturated carbocycles. The van der Waals surface area contributed by atoms with Crippen LogP contribution in [0.5, 0.6) is 0 Å². The van der Waals surface area contributed by atoms with E-state index in [1.807, 2.05) is 16.9 Å². The van der Waals surface area contributed by atoms with Crippen molar-refractivity contribution >= 4 is 12.2 Å². The number of H-pyrrole nitrogens is 1. The molecule has 0 amide bonds. The molecule has 0 saturated heterocycles. The van der Waals surface area contributed by atoms with Gasteiger partial charge in [-0.15, -0.1) is 0 Å². The fourth-order valence-electron chi connectivity index (χ4n) is 0.874. The molecule has 0 fully saturated rings. The third-order valence-electron chi connectivity index (χ3n) is 1.22. The summed E-state index contributed by atoms with van der Waals surface area (Å²) in [5, 5.41) is 3.04. The van der Waals surface area contributed by atoms with E-state index in [0.29, 0.717) is 5.92 Å². The van der Waals surface area contributed by atoms with E-state index in [0.717, 1.165) is 11.2 Å². The highest BCUT2D eigenvalue weighted by molar-refractivity contribution is 7.71. The second kappa shape index (κ2) is 3.01. The predicted octanol–water partition coefficient (Wildman–Crippen LogP) is 2.20. The standard InChI is InChI=1S/C7H12N2S/c1-6(2)5-9-4-3-7(10)8-9/h3-4,6H,5H2,1-2H3,(H,8,10). The molecule has 1 rings (SSSR count). The summed E-state index contributed by atoms with van der Waals surface area (Å²) in [6, 6.07) is 1.90. The minimum Gasteiger partial charge on any atom is -0.294 e. The monoisotopic (exact) mass is 156 g/mol. The van der Waals surface area contributed by atoms with Crippen molar-refractivity contribution in [1.82, 2.24) is 9.78 Å². The van der Waals surface area contributed by atoms with Crippen molar-refractivity contribution in [3.63, 3.8) is 0 Å². The Hall–Kier alpha value is -0.570. The van der Waals surface area contributed by atoms with Crippen LogP contribution in [0.3, 0.4) is 0 Å². The van der Waals surface area contributed by atoms with Crippen molar-refractivity contribution in [2.24, 2.45) is 5.92 Å². The smallest absolute Gasteiger partial charge is 0.119 e. The van der Waals surface area contributed by atoms with Crippen LogP contribution in [0.1, 0.15) is 13.8 Å². The quantitative estimate of drug-likeness (QED) is 0.651. The molecular formula is C7H12N2S. The van der Waals surface area contributed by atoms with Gasteiger partial charge in [-0.2, -0.15) is 0 Å². The van der Waals surface area contributed by atoms with Gasteiger partial charge in [0.1, 0.15) is 4.64 Å². The number of aromatic nitrogens is 2. The number of nitrogens with zero attached hydrogens (tertiary/aromatic N) is 1. The van der Waals surface area contributed by atoms with E-state index in [9.17, 15) is 0 Å². The number of rotatable bonds is 2. The summed E-state index contributed by atoms with van der Waals surface area (Å²) in [6.45, 7) is 5.37. The number of nitrogens with one attached hydrogen (secondary N) is 1. The Morgan fingerprint density at radius 1 is 1.70 bits per heavy atom. The van der Waals surface area contributed by atoms with Crippen LogP contribution in [0.4, 0.5) is 0 Å². The molecule has 2 nitrogen and oxygen atoms in total. The SMILES string of the molecule is CC(C)Cn1ccc(=S)[nH]1. The van der Waals surface area contributed by atoms with Crippen LogP contribution in [-0.2, 0) is 6.54 Å². The minimum absolute atomic E-state index is 0.665. The maximum atomic E-state index is 4.91. The Bertz CT molecular complexity index is 246. The van der Waals surface area contributed by atoms with Crippen LogP contribution in [0, 0.1) is 10.6 Å². The molecule has 1 heterocycles. The summed E-state index contributed by atoms with van der Waals surface area (Å²) in [7, 11) is 0. The van der Waals surface area contributed by atoms with Gasteiger partial charge >= 0.3 is 0 Å². The summed E-state index contributed by atoms with van der Waals surface area (Å²) in [5.41, 5.74) is 0. The van der Waals surface area contributed by atoms with E-state index < -0.39 is 0 Å². The van der Waals surface area contributed by atoms with E-state index in [1.165, 1.54) is 0 Å². The normalized spacial score (nSPS) is 10.7. The molecule has 56 valence electrons. The van der Waals surface area contributed by atoms with E-state index in [-0.39, 0.29) is 0 Å². The Morgan fingerprint density at radius 3 is 2.80 bits per heavy atom. The van der Waals surface area contributed by atoms with Gasteiger partial charge < -0.3 is 0 Å². The van der Waals surface area contributed by atoms with Gasteiger partial charge in [-0.05, 0) is 12.0 Å². The lowest BCUT2D eigenvalue weighted by Crippen LogP contribution is -2.04. The average molecular weight is 156 g/mol. The molecule has 1 N–H and O–H groups in total. The van der Waals surface area contributed by atoms with Crippen molar-refractivity contribution < 1.29 is 0 Å². The Kier molecular flexibility index (Phi) is 2.27. The average Bonchev–Trinajstić information content (AvgIpc) is 2.13. The summed E-state index contributed by atoms with van der Waals surface area (Å²) in [5.74, 6) is 0.665. The van der Waals surface area contributed by atoms with E-state index in [4.69, 9.17) is 12.2 Å². The molecule has 1 aromatic rings. The summed E-state index contributed by atoms with van der Waals surface area (Å²) in [6.07, 6.45) is 1.97. The molecule has 3 heteroatoms. The molecule has 0 atom stereocenters. The minimum atomic E-state index is 0.665. The van der Waals surface area contributed by atoms with Crippen LogP contribution in [0.2, 0.25) is 0 Å². The van der Waals surface area contributed by atoms with E-state index in [2.05, 4.69) is 18.9 Å². The maximum absolute atomic E-state index is 4.91. The Labute approximate surface area is 65.9 Å². The molecule has 0 aliphatic rings. The lowest BCUT2D eigenvalue weighted by molar-refractivity contribution is 0.482.